The molecule has 166 valence electrons. The molecule has 1 atom stereocenters. The van der Waals surface area contributed by atoms with E-state index in [9.17, 15) is 18.0 Å². The number of aromatic amines is 1. The third-order valence-electron chi connectivity index (χ3n) is 5.73. The maximum Gasteiger partial charge on any atom is 0.266 e. The lowest BCUT2D eigenvalue weighted by atomic mass is 9.88. The molecule has 1 saturated heterocycles. The summed E-state index contributed by atoms with van der Waals surface area (Å²) in [4.78, 5) is 13.1. The number of piperidine rings is 1. The Balaban J connectivity index is 0.00000272. The van der Waals surface area contributed by atoms with Crippen molar-refractivity contribution in [2.45, 2.75) is 38.2 Å². The van der Waals surface area contributed by atoms with E-state index in [-0.39, 0.29) is 18.0 Å². The summed E-state index contributed by atoms with van der Waals surface area (Å²) in [6.45, 7) is 3.42. The van der Waals surface area contributed by atoms with Crippen molar-refractivity contribution >= 4 is 29.2 Å². The fourth-order valence-electron chi connectivity index (χ4n) is 4.07. The number of carbonyl (C=O) groups excluding carboxylic acids is 1. The normalized spacial score (nSPS) is 15.6. The topological polar surface area (TPSA) is 69.8 Å². The Morgan fingerprint density at radius 3 is 2.61 bits per heavy atom. The molecule has 0 saturated carbocycles. The monoisotopic (exact) mass is 452 g/mol. The van der Waals surface area contributed by atoms with Crippen LogP contribution in [0.5, 0.6) is 0 Å². The molecule has 4 rings (SSSR count). The summed E-state index contributed by atoms with van der Waals surface area (Å²) in [5, 5.41) is 13.8. The van der Waals surface area contributed by atoms with Crippen molar-refractivity contribution in [1.29, 1.82) is 0 Å². The summed E-state index contributed by atoms with van der Waals surface area (Å²) in [5.74, 6) is -1.06. The van der Waals surface area contributed by atoms with Crippen LogP contribution in [-0.2, 0) is 0 Å². The average molecular weight is 453 g/mol. The second kappa shape index (κ2) is 9.70. The van der Waals surface area contributed by atoms with Gasteiger partial charge in [-0.05, 0) is 56.5 Å². The van der Waals surface area contributed by atoms with Crippen LogP contribution in [0.1, 0.15) is 65.2 Å². The van der Waals surface area contributed by atoms with Crippen molar-refractivity contribution in [3.05, 3.63) is 64.6 Å². The van der Waals surface area contributed by atoms with E-state index in [2.05, 4.69) is 20.8 Å². The molecule has 1 aliphatic heterocycles. The lowest BCUT2D eigenvalue weighted by Gasteiger charge is -2.24. The molecule has 1 aliphatic rings. The number of rotatable bonds is 5. The van der Waals surface area contributed by atoms with Crippen LogP contribution in [0.2, 0.25) is 0 Å². The van der Waals surface area contributed by atoms with Gasteiger partial charge in [-0.1, -0.05) is 18.2 Å². The number of H-pyrrole nitrogens is 1. The van der Waals surface area contributed by atoms with Crippen molar-refractivity contribution in [3.8, 4) is 0 Å². The first-order valence-electron chi connectivity index (χ1n) is 10.0. The summed E-state index contributed by atoms with van der Waals surface area (Å²) in [6.07, 6.45) is 0.712. The van der Waals surface area contributed by atoms with Gasteiger partial charge in [-0.25, -0.2) is 13.2 Å². The Labute approximate surface area is 184 Å². The first-order chi connectivity index (χ1) is 14.5. The number of amides is 1. The molecular weight excluding hydrogens is 429 g/mol. The minimum absolute atomic E-state index is 0. The predicted molar refractivity (Wildman–Crippen MR) is 115 cm³/mol. The van der Waals surface area contributed by atoms with Crippen LogP contribution in [0.4, 0.5) is 13.2 Å². The van der Waals surface area contributed by atoms with E-state index in [0.29, 0.717) is 17.0 Å². The molecule has 1 fully saturated rings. The number of halogens is 4. The highest BCUT2D eigenvalue weighted by Gasteiger charge is 2.23. The summed E-state index contributed by atoms with van der Waals surface area (Å²) >= 11 is 0. The number of hydrogen-bond acceptors (Lipinski definition) is 3. The molecule has 1 aromatic heterocycles. The van der Waals surface area contributed by atoms with Crippen molar-refractivity contribution in [2.75, 3.05) is 13.1 Å². The second-order valence-electron chi connectivity index (χ2n) is 7.67. The van der Waals surface area contributed by atoms with Gasteiger partial charge < -0.3 is 10.6 Å². The molecule has 9 heteroatoms. The molecule has 31 heavy (non-hydrogen) atoms. The molecule has 0 aliphatic carbocycles. The van der Waals surface area contributed by atoms with Gasteiger partial charge in [0.25, 0.3) is 12.3 Å². The van der Waals surface area contributed by atoms with Gasteiger partial charge >= 0.3 is 0 Å². The first kappa shape index (κ1) is 23.1. The Hall–Kier alpha value is -2.58. The quantitative estimate of drug-likeness (QED) is 0.509. The Morgan fingerprint density at radius 1 is 1.19 bits per heavy atom. The van der Waals surface area contributed by atoms with Crippen molar-refractivity contribution < 1.29 is 18.0 Å². The van der Waals surface area contributed by atoms with Crippen LogP contribution >= 0.6 is 12.4 Å². The van der Waals surface area contributed by atoms with Crippen LogP contribution < -0.4 is 10.6 Å². The van der Waals surface area contributed by atoms with Gasteiger partial charge in [-0.15, -0.1) is 12.4 Å². The van der Waals surface area contributed by atoms with Crippen molar-refractivity contribution in [3.63, 3.8) is 0 Å². The maximum absolute atomic E-state index is 14.5. The van der Waals surface area contributed by atoms with E-state index in [1.165, 1.54) is 12.1 Å². The zero-order valence-corrected chi connectivity index (χ0v) is 17.7. The molecule has 3 N–H and O–H groups in total. The molecule has 0 spiro atoms. The number of nitrogens with zero attached hydrogens (tertiary/aromatic N) is 1. The molecule has 1 amide bonds. The number of fused-ring (bicyclic) bond motifs is 1. The highest BCUT2D eigenvalue weighted by atomic mass is 35.5. The van der Waals surface area contributed by atoms with Crippen molar-refractivity contribution in [1.82, 2.24) is 20.8 Å². The van der Waals surface area contributed by atoms with Gasteiger partial charge in [0.2, 0.25) is 0 Å². The van der Waals surface area contributed by atoms with E-state index >= 15 is 0 Å². The second-order valence-corrected chi connectivity index (χ2v) is 7.67. The number of benzene rings is 2. The molecule has 0 bridgehead atoms. The number of carbonyl (C=O) groups is 1. The summed E-state index contributed by atoms with van der Waals surface area (Å²) in [6, 6.07) is 6.94. The van der Waals surface area contributed by atoms with Gasteiger partial charge in [-0.3, -0.25) is 9.89 Å². The van der Waals surface area contributed by atoms with Crippen molar-refractivity contribution in [2.24, 2.45) is 0 Å². The maximum atomic E-state index is 14.5. The Kier molecular flexibility index (Phi) is 7.23. The third kappa shape index (κ3) is 4.70. The van der Waals surface area contributed by atoms with Crippen LogP contribution in [0, 0.1) is 5.82 Å². The van der Waals surface area contributed by atoms with Crippen LogP contribution in [0.15, 0.2) is 36.5 Å². The van der Waals surface area contributed by atoms with E-state index in [1.54, 1.807) is 13.1 Å². The highest BCUT2D eigenvalue weighted by molar-refractivity contribution is 6.06. The smallest absolute Gasteiger partial charge is 0.266 e. The standard InChI is InChI=1S/C22H23F3N4O.ClH/c1-12(16-3-2-4-17(19(16)23)21(24)25)28-22(30)18-10-14(13-5-7-26-8-6-13)9-15-11-27-29-20(15)18;/h2-4,9-13,21,26H,5-8H2,1H3,(H,27,29)(H,28,30);1H/t12-;/m1./s1. The first-order valence-corrected chi connectivity index (χ1v) is 10.0. The van der Waals surface area contributed by atoms with Gasteiger partial charge in [-0.2, -0.15) is 5.10 Å². The Bertz CT molecular complexity index is 1070. The highest BCUT2D eigenvalue weighted by Crippen LogP contribution is 2.31. The lowest BCUT2D eigenvalue weighted by molar-refractivity contribution is 0.0940. The zero-order chi connectivity index (χ0) is 21.3. The SMILES string of the molecule is C[C@@H](NC(=O)c1cc(C2CCNCC2)cc2cn[nH]c12)c1cccc(C(F)F)c1F.Cl. The van der Waals surface area contributed by atoms with Crippen LogP contribution in [0.25, 0.3) is 10.9 Å². The molecule has 5 nitrogen and oxygen atoms in total. The average Bonchev–Trinajstić information content (AvgIpc) is 3.22. The van der Waals surface area contributed by atoms with E-state index in [1.807, 2.05) is 12.1 Å². The van der Waals surface area contributed by atoms with Gasteiger partial charge in [0.15, 0.2) is 0 Å². The number of alkyl halides is 2. The molecule has 3 aromatic rings. The van der Waals surface area contributed by atoms with Crippen LogP contribution in [0.3, 0.4) is 0 Å². The van der Waals surface area contributed by atoms with Crippen LogP contribution in [-0.4, -0.2) is 29.2 Å². The molecule has 0 radical (unpaired) electrons. The fraction of sp³-hybridized carbons (Fsp3) is 0.364. The number of aromatic nitrogens is 2. The number of nitrogens with one attached hydrogen (secondary N) is 3. The molecular formula is C22H24ClF3N4O. The van der Waals surface area contributed by atoms with E-state index in [0.717, 1.165) is 42.9 Å². The minimum Gasteiger partial charge on any atom is -0.345 e. The molecule has 2 aromatic carbocycles. The van der Waals surface area contributed by atoms with Gasteiger partial charge in [0, 0.05) is 10.9 Å². The fourth-order valence-corrected chi connectivity index (χ4v) is 4.07. The Morgan fingerprint density at radius 2 is 1.90 bits per heavy atom. The molecule has 2 heterocycles. The summed E-state index contributed by atoms with van der Waals surface area (Å²) < 4.78 is 40.5. The van der Waals surface area contributed by atoms with Gasteiger partial charge in [0.1, 0.15) is 5.82 Å². The number of hydrogen-bond donors (Lipinski definition) is 3. The van der Waals surface area contributed by atoms with Gasteiger partial charge in [0.05, 0.1) is 28.9 Å². The third-order valence-corrected chi connectivity index (χ3v) is 5.73. The summed E-state index contributed by atoms with van der Waals surface area (Å²) in [7, 11) is 0. The lowest BCUT2D eigenvalue weighted by Crippen LogP contribution is -2.29. The van der Waals surface area contributed by atoms with E-state index < -0.39 is 29.8 Å². The predicted octanol–water partition coefficient (Wildman–Crippen LogP) is 5.02. The molecule has 0 unspecified atom stereocenters. The van der Waals surface area contributed by atoms with E-state index in [4.69, 9.17) is 0 Å². The summed E-state index contributed by atoms with van der Waals surface area (Å²) in [5.41, 5.74) is 1.43. The largest absolute Gasteiger partial charge is 0.345 e. The minimum atomic E-state index is -2.92. The zero-order valence-electron chi connectivity index (χ0n) is 16.9.